The van der Waals surface area contributed by atoms with Crippen molar-refractivity contribution in [1.82, 2.24) is 5.06 Å². The average molecular weight is 247 g/mol. The minimum Gasteiger partial charge on any atom is -0.274 e. The van der Waals surface area contributed by atoms with E-state index >= 15 is 0 Å². The Hall–Kier alpha value is -1.56. The highest BCUT2D eigenvalue weighted by Crippen LogP contribution is 2.30. The molecule has 0 unspecified atom stereocenters. The predicted octanol–water partition coefficient (Wildman–Crippen LogP) is 2.65. The zero-order valence-electron chi connectivity index (χ0n) is 9.63. The van der Waals surface area contributed by atoms with Crippen molar-refractivity contribution in [2.75, 3.05) is 14.2 Å². The van der Waals surface area contributed by atoms with Crippen LogP contribution in [0.4, 0.5) is 13.2 Å². The first-order chi connectivity index (χ1) is 7.75. The van der Waals surface area contributed by atoms with Gasteiger partial charge in [0.25, 0.3) is 5.91 Å². The Morgan fingerprint density at radius 3 is 2.35 bits per heavy atom. The molecule has 0 aliphatic carbocycles. The second-order valence-corrected chi connectivity index (χ2v) is 3.57. The molecule has 0 aliphatic heterocycles. The van der Waals surface area contributed by atoms with Gasteiger partial charge in [0, 0.05) is 12.6 Å². The number of benzene rings is 1. The molecule has 1 aromatic carbocycles. The summed E-state index contributed by atoms with van der Waals surface area (Å²) in [4.78, 5) is 16.3. The molecular weight excluding hydrogens is 235 g/mol. The molecule has 94 valence electrons. The first kappa shape index (κ1) is 13.5. The molecule has 0 saturated carbocycles. The number of carbonyl (C=O) groups is 1. The van der Waals surface area contributed by atoms with Gasteiger partial charge >= 0.3 is 6.18 Å². The normalized spacial score (nSPS) is 11.4. The van der Waals surface area contributed by atoms with Crippen molar-refractivity contribution in [2.24, 2.45) is 0 Å². The number of carbonyl (C=O) groups excluding carboxylic acids is 1. The van der Waals surface area contributed by atoms with Crippen LogP contribution in [0.15, 0.2) is 18.2 Å². The van der Waals surface area contributed by atoms with Gasteiger partial charge in [0.1, 0.15) is 0 Å². The molecule has 1 aromatic rings. The molecule has 0 spiro atoms. The third kappa shape index (κ3) is 3.20. The summed E-state index contributed by atoms with van der Waals surface area (Å²) >= 11 is 0. The van der Waals surface area contributed by atoms with Gasteiger partial charge in [-0.25, -0.2) is 5.06 Å². The van der Waals surface area contributed by atoms with E-state index in [1.165, 1.54) is 27.1 Å². The summed E-state index contributed by atoms with van der Waals surface area (Å²) < 4.78 is 37.6. The third-order valence-electron chi connectivity index (χ3n) is 2.21. The molecular formula is C11H12F3NO2. The van der Waals surface area contributed by atoms with Gasteiger partial charge in [-0.15, -0.1) is 0 Å². The molecule has 0 saturated heterocycles. The van der Waals surface area contributed by atoms with Crippen LogP contribution in [-0.2, 0) is 11.0 Å². The first-order valence-corrected chi connectivity index (χ1v) is 4.76. The maximum atomic E-state index is 12.5. The number of amides is 1. The Labute approximate surface area is 96.7 Å². The zero-order valence-corrected chi connectivity index (χ0v) is 9.63. The fourth-order valence-electron chi connectivity index (χ4n) is 1.33. The number of alkyl halides is 3. The van der Waals surface area contributed by atoms with E-state index in [0.717, 1.165) is 17.2 Å². The van der Waals surface area contributed by atoms with Crippen LogP contribution in [-0.4, -0.2) is 25.1 Å². The van der Waals surface area contributed by atoms with Crippen LogP contribution in [0, 0.1) is 6.92 Å². The van der Waals surface area contributed by atoms with Gasteiger partial charge < -0.3 is 0 Å². The first-order valence-electron chi connectivity index (χ1n) is 4.76. The maximum absolute atomic E-state index is 12.5. The fraction of sp³-hybridized carbons (Fsp3) is 0.364. The monoisotopic (exact) mass is 247 g/mol. The van der Waals surface area contributed by atoms with Crippen LogP contribution < -0.4 is 0 Å². The van der Waals surface area contributed by atoms with Gasteiger partial charge in [0.2, 0.25) is 0 Å². The molecule has 0 aliphatic rings. The van der Waals surface area contributed by atoms with Crippen molar-refractivity contribution in [3.8, 4) is 0 Å². The molecule has 0 bridgehead atoms. The van der Waals surface area contributed by atoms with Gasteiger partial charge in [0.05, 0.1) is 12.7 Å². The van der Waals surface area contributed by atoms with Crippen molar-refractivity contribution >= 4 is 5.91 Å². The van der Waals surface area contributed by atoms with Gasteiger partial charge in [-0.05, 0) is 30.7 Å². The quantitative estimate of drug-likeness (QED) is 0.752. The number of hydroxylamine groups is 2. The molecule has 0 atom stereocenters. The Morgan fingerprint density at radius 1 is 1.29 bits per heavy atom. The number of hydrogen-bond donors (Lipinski definition) is 0. The maximum Gasteiger partial charge on any atom is 0.416 e. The second kappa shape index (κ2) is 4.75. The lowest BCUT2D eigenvalue weighted by molar-refractivity contribution is -0.137. The predicted molar refractivity (Wildman–Crippen MR) is 55.3 cm³/mol. The molecule has 3 nitrogen and oxygen atoms in total. The lowest BCUT2D eigenvalue weighted by atomic mass is 10.1. The van der Waals surface area contributed by atoms with E-state index < -0.39 is 17.6 Å². The van der Waals surface area contributed by atoms with Gasteiger partial charge in [-0.2, -0.15) is 13.2 Å². The SMILES string of the molecule is CON(C)C(=O)c1cc(C)cc(C(F)(F)F)c1. The van der Waals surface area contributed by atoms with E-state index in [1.807, 2.05) is 0 Å². The zero-order chi connectivity index (χ0) is 13.2. The minimum absolute atomic E-state index is 0.0540. The highest BCUT2D eigenvalue weighted by Gasteiger charge is 2.31. The molecule has 6 heteroatoms. The lowest BCUT2D eigenvalue weighted by Gasteiger charge is -2.15. The Balaban J connectivity index is 3.19. The van der Waals surface area contributed by atoms with Crippen molar-refractivity contribution in [3.05, 3.63) is 34.9 Å². The second-order valence-electron chi connectivity index (χ2n) is 3.57. The smallest absolute Gasteiger partial charge is 0.274 e. The van der Waals surface area contributed by atoms with E-state index in [1.54, 1.807) is 0 Å². The number of hydrogen-bond acceptors (Lipinski definition) is 2. The number of rotatable bonds is 2. The van der Waals surface area contributed by atoms with Gasteiger partial charge in [0.15, 0.2) is 0 Å². The highest BCUT2D eigenvalue weighted by atomic mass is 19.4. The van der Waals surface area contributed by atoms with Crippen LogP contribution in [0.5, 0.6) is 0 Å². The van der Waals surface area contributed by atoms with Gasteiger partial charge in [-0.1, -0.05) is 0 Å². The topological polar surface area (TPSA) is 29.5 Å². The lowest BCUT2D eigenvalue weighted by Crippen LogP contribution is -2.25. The number of halogens is 3. The largest absolute Gasteiger partial charge is 0.416 e. The van der Waals surface area contributed by atoms with Crippen molar-refractivity contribution in [3.63, 3.8) is 0 Å². The fourth-order valence-corrected chi connectivity index (χ4v) is 1.33. The van der Waals surface area contributed by atoms with Crippen LogP contribution in [0.25, 0.3) is 0 Å². The highest BCUT2D eigenvalue weighted by molar-refractivity contribution is 5.93. The van der Waals surface area contributed by atoms with Crippen molar-refractivity contribution < 1.29 is 22.8 Å². The summed E-state index contributed by atoms with van der Waals surface area (Å²) in [7, 11) is 2.59. The van der Waals surface area contributed by atoms with E-state index in [-0.39, 0.29) is 5.56 Å². The summed E-state index contributed by atoms with van der Waals surface area (Å²) in [5, 5.41) is 0.870. The molecule has 1 amide bonds. The number of aryl methyl sites for hydroxylation is 1. The Kier molecular flexibility index (Phi) is 3.77. The minimum atomic E-state index is -4.47. The third-order valence-corrected chi connectivity index (χ3v) is 2.21. The summed E-state index contributed by atoms with van der Waals surface area (Å²) in [6.07, 6.45) is -4.47. The molecule has 0 radical (unpaired) electrons. The summed E-state index contributed by atoms with van der Waals surface area (Å²) in [6.45, 7) is 1.50. The van der Waals surface area contributed by atoms with E-state index in [2.05, 4.69) is 4.84 Å². The van der Waals surface area contributed by atoms with E-state index in [0.29, 0.717) is 5.56 Å². The van der Waals surface area contributed by atoms with Crippen LogP contribution in [0.1, 0.15) is 21.5 Å². The van der Waals surface area contributed by atoms with Crippen LogP contribution in [0.2, 0.25) is 0 Å². The number of nitrogens with zero attached hydrogens (tertiary/aromatic N) is 1. The Morgan fingerprint density at radius 2 is 1.88 bits per heavy atom. The van der Waals surface area contributed by atoms with Gasteiger partial charge in [-0.3, -0.25) is 9.63 Å². The summed E-state index contributed by atoms with van der Waals surface area (Å²) in [6, 6.07) is 3.18. The average Bonchev–Trinajstić information content (AvgIpc) is 2.25. The van der Waals surface area contributed by atoms with Crippen LogP contribution >= 0.6 is 0 Å². The molecule has 0 aromatic heterocycles. The molecule has 1 rings (SSSR count). The molecule has 0 heterocycles. The standard InChI is InChI=1S/C11H12F3NO2/c1-7-4-8(10(16)15(2)17-3)6-9(5-7)11(12,13)14/h4-6H,1-3H3. The van der Waals surface area contributed by atoms with Crippen molar-refractivity contribution in [2.45, 2.75) is 13.1 Å². The molecule has 17 heavy (non-hydrogen) atoms. The summed E-state index contributed by atoms with van der Waals surface area (Å²) in [5.41, 5.74) is -0.528. The Bertz CT molecular complexity index is 429. The molecule has 0 N–H and O–H groups in total. The summed E-state index contributed by atoms with van der Waals surface area (Å²) in [5.74, 6) is -0.623. The van der Waals surface area contributed by atoms with E-state index in [9.17, 15) is 18.0 Å². The molecule has 0 fully saturated rings. The van der Waals surface area contributed by atoms with E-state index in [4.69, 9.17) is 0 Å². The van der Waals surface area contributed by atoms with Crippen molar-refractivity contribution in [1.29, 1.82) is 0 Å². The van der Waals surface area contributed by atoms with Crippen LogP contribution in [0.3, 0.4) is 0 Å².